The van der Waals surface area contributed by atoms with Gasteiger partial charge >= 0.3 is 5.97 Å². The lowest BCUT2D eigenvalue weighted by Crippen LogP contribution is -2.54. The topological polar surface area (TPSA) is 58.6 Å². The molecule has 2 aromatic carbocycles. The van der Waals surface area contributed by atoms with Crippen molar-refractivity contribution >= 4 is 23.3 Å². The summed E-state index contributed by atoms with van der Waals surface area (Å²) >= 11 is 5.91. The summed E-state index contributed by atoms with van der Waals surface area (Å²) in [6, 6.07) is 13.2. The van der Waals surface area contributed by atoms with Gasteiger partial charge in [-0.15, -0.1) is 0 Å². The second-order valence-corrected chi connectivity index (χ2v) is 6.90. The van der Waals surface area contributed by atoms with Crippen molar-refractivity contribution in [2.75, 3.05) is 12.4 Å². The fourth-order valence-corrected chi connectivity index (χ4v) is 3.50. The number of hydrogen-bond donors (Lipinski definition) is 2. The number of aliphatic hydroxyl groups excluding tert-OH is 1. The molecule has 1 aliphatic carbocycles. The molecule has 0 aliphatic heterocycles. The molecule has 7 heteroatoms. The van der Waals surface area contributed by atoms with Gasteiger partial charge in [-0.3, -0.25) is 4.79 Å². The largest absolute Gasteiger partial charge is 0.468 e. The maximum absolute atomic E-state index is 13.4. The summed E-state index contributed by atoms with van der Waals surface area (Å²) in [7, 11) is 1.19. The van der Waals surface area contributed by atoms with Crippen LogP contribution in [0.2, 0.25) is 5.02 Å². The number of carbonyl (C=O) groups excluding carboxylic acids is 1. The Kier molecular flexibility index (Phi) is 4.90. The summed E-state index contributed by atoms with van der Waals surface area (Å²) in [5.74, 6) is -3.53. The Bertz CT molecular complexity index is 803. The van der Waals surface area contributed by atoms with Gasteiger partial charge in [-0.05, 0) is 29.8 Å². The highest BCUT2D eigenvalue weighted by Gasteiger charge is 2.62. The zero-order valence-electron chi connectivity index (χ0n) is 14.0. The molecule has 0 amide bonds. The van der Waals surface area contributed by atoms with E-state index in [2.05, 4.69) is 5.32 Å². The first-order valence-electron chi connectivity index (χ1n) is 8.03. The standard InChI is InChI=1S/C19H18ClF2NO3/c1-26-17(25)18(10-19(21,22)11-18)13-5-7-15(8-6-13)23-16(24)12-3-2-4-14(20)9-12/h2-9,16,23-24H,10-11H2,1H3. The first kappa shape index (κ1) is 18.6. The van der Waals surface area contributed by atoms with Crippen LogP contribution in [0.15, 0.2) is 48.5 Å². The van der Waals surface area contributed by atoms with E-state index in [-0.39, 0.29) is 0 Å². The van der Waals surface area contributed by atoms with E-state index in [4.69, 9.17) is 16.3 Å². The van der Waals surface area contributed by atoms with Gasteiger partial charge in [0.25, 0.3) is 5.92 Å². The van der Waals surface area contributed by atoms with Crippen molar-refractivity contribution in [3.8, 4) is 0 Å². The Balaban J connectivity index is 1.77. The number of ether oxygens (including phenoxy) is 1. The van der Waals surface area contributed by atoms with Gasteiger partial charge in [0.15, 0.2) is 6.23 Å². The first-order chi connectivity index (χ1) is 12.3. The molecule has 26 heavy (non-hydrogen) atoms. The van der Waals surface area contributed by atoms with Gasteiger partial charge in [-0.25, -0.2) is 8.78 Å². The molecule has 2 aromatic rings. The number of carbonyl (C=O) groups is 1. The lowest BCUT2D eigenvalue weighted by Gasteiger charge is -2.45. The summed E-state index contributed by atoms with van der Waals surface area (Å²) in [6.45, 7) is 0. The molecule has 138 valence electrons. The van der Waals surface area contributed by atoms with Gasteiger partial charge in [-0.2, -0.15) is 0 Å². The first-order valence-corrected chi connectivity index (χ1v) is 8.40. The van der Waals surface area contributed by atoms with Crippen molar-refractivity contribution in [1.82, 2.24) is 0 Å². The minimum Gasteiger partial charge on any atom is -0.468 e. The smallest absolute Gasteiger partial charge is 0.316 e. The van der Waals surface area contributed by atoms with Crippen molar-refractivity contribution in [3.05, 3.63) is 64.7 Å². The molecule has 0 radical (unpaired) electrons. The monoisotopic (exact) mass is 381 g/mol. The van der Waals surface area contributed by atoms with Gasteiger partial charge in [0.05, 0.1) is 7.11 Å². The van der Waals surface area contributed by atoms with E-state index in [9.17, 15) is 18.7 Å². The summed E-state index contributed by atoms with van der Waals surface area (Å²) in [5.41, 5.74) is 0.319. The summed E-state index contributed by atoms with van der Waals surface area (Å²) in [4.78, 5) is 12.1. The predicted molar refractivity (Wildman–Crippen MR) is 94.4 cm³/mol. The Morgan fingerprint density at radius 1 is 1.23 bits per heavy atom. The molecule has 2 N–H and O–H groups in total. The molecule has 0 saturated heterocycles. The molecule has 1 saturated carbocycles. The fraction of sp³-hybridized carbons (Fsp3) is 0.316. The maximum atomic E-state index is 13.4. The SMILES string of the molecule is COC(=O)C1(c2ccc(NC(O)c3cccc(Cl)c3)cc2)CC(F)(F)C1. The minimum absolute atomic E-state index is 0.470. The van der Waals surface area contributed by atoms with Crippen LogP contribution in [0.3, 0.4) is 0 Å². The second-order valence-electron chi connectivity index (χ2n) is 6.46. The van der Waals surface area contributed by atoms with Crippen molar-refractivity contribution < 1.29 is 23.4 Å². The number of anilines is 1. The Morgan fingerprint density at radius 3 is 2.42 bits per heavy atom. The third-order valence-corrected chi connectivity index (χ3v) is 4.84. The third-order valence-electron chi connectivity index (χ3n) is 4.60. The molecule has 4 nitrogen and oxygen atoms in total. The average molecular weight is 382 g/mol. The molecule has 0 bridgehead atoms. The van der Waals surface area contributed by atoms with Crippen LogP contribution in [0.5, 0.6) is 0 Å². The summed E-state index contributed by atoms with van der Waals surface area (Å²) in [6.07, 6.45) is -2.11. The van der Waals surface area contributed by atoms with Gasteiger partial charge in [0.1, 0.15) is 5.41 Å². The molecular formula is C19H18ClF2NO3. The molecule has 1 fully saturated rings. The number of alkyl halides is 2. The molecule has 1 atom stereocenters. The van der Waals surface area contributed by atoms with Crippen LogP contribution in [0.4, 0.5) is 14.5 Å². The second kappa shape index (κ2) is 6.85. The van der Waals surface area contributed by atoms with E-state index < -0.39 is 36.4 Å². The number of benzene rings is 2. The van der Waals surface area contributed by atoms with Crippen LogP contribution in [0.25, 0.3) is 0 Å². The van der Waals surface area contributed by atoms with Crippen LogP contribution in [-0.4, -0.2) is 24.1 Å². The number of aliphatic hydroxyl groups is 1. The summed E-state index contributed by atoms with van der Waals surface area (Å²) < 4.78 is 31.6. The minimum atomic E-state index is -2.87. The van der Waals surface area contributed by atoms with Crippen molar-refractivity contribution in [2.24, 2.45) is 0 Å². The van der Waals surface area contributed by atoms with Crippen molar-refractivity contribution in [2.45, 2.75) is 30.4 Å². The normalized spacial score (nSPS) is 18.5. The zero-order chi connectivity index (χ0) is 18.9. The maximum Gasteiger partial charge on any atom is 0.316 e. The van der Waals surface area contributed by atoms with Gasteiger partial charge in [-0.1, -0.05) is 35.9 Å². The predicted octanol–water partition coefficient (Wildman–Crippen LogP) is 4.28. The highest BCUT2D eigenvalue weighted by molar-refractivity contribution is 6.30. The molecule has 1 aliphatic rings. The number of methoxy groups -OCH3 is 1. The number of rotatable bonds is 5. The molecule has 0 spiro atoms. The summed E-state index contributed by atoms with van der Waals surface area (Å²) in [5, 5.41) is 13.6. The Morgan fingerprint density at radius 2 is 1.88 bits per heavy atom. The van der Waals surface area contributed by atoms with E-state index in [1.807, 2.05) is 0 Å². The highest BCUT2D eigenvalue weighted by atomic mass is 35.5. The van der Waals surface area contributed by atoms with Crippen molar-refractivity contribution in [3.63, 3.8) is 0 Å². The number of hydrogen-bond acceptors (Lipinski definition) is 4. The van der Waals surface area contributed by atoms with E-state index in [0.717, 1.165) is 0 Å². The van der Waals surface area contributed by atoms with Gasteiger partial charge in [0.2, 0.25) is 0 Å². The number of esters is 1. The number of halogens is 3. The Labute approximate surface area is 154 Å². The average Bonchev–Trinajstić information content (AvgIpc) is 2.59. The van der Waals surface area contributed by atoms with Gasteiger partial charge in [0, 0.05) is 29.1 Å². The Hall–Kier alpha value is -2.18. The lowest BCUT2D eigenvalue weighted by atomic mass is 9.62. The van der Waals surface area contributed by atoms with Crippen LogP contribution < -0.4 is 5.32 Å². The van der Waals surface area contributed by atoms with Crippen LogP contribution in [0, 0.1) is 0 Å². The highest BCUT2D eigenvalue weighted by Crippen LogP contribution is 2.54. The van der Waals surface area contributed by atoms with E-state index in [1.165, 1.54) is 7.11 Å². The number of nitrogens with one attached hydrogen (secondary N) is 1. The molecular weight excluding hydrogens is 364 g/mol. The van der Waals surface area contributed by atoms with Crippen LogP contribution in [0.1, 0.15) is 30.2 Å². The van der Waals surface area contributed by atoms with E-state index >= 15 is 0 Å². The zero-order valence-corrected chi connectivity index (χ0v) is 14.8. The molecule has 0 heterocycles. The van der Waals surface area contributed by atoms with Gasteiger partial charge < -0.3 is 15.2 Å². The quantitative estimate of drug-likeness (QED) is 0.599. The van der Waals surface area contributed by atoms with Crippen molar-refractivity contribution in [1.29, 1.82) is 0 Å². The van der Waals surface area contributed by atoms with E-state index in [0.29, 0.717) is 21.8 Å². The molecule has 0 aromatic heterocycles. The van der Waals surface area contributed by atoms with E-state index in [1.54, 1.807) is 48.5 Å². The molecule has 3 rings (SSSR count). The lowest BCUT2D eigenvalue weighted by molar-refractivity contribution is -0.177. The third kappa shape index (κ3) is 3.52. The molecule has 1 unspecified atom stereocenters. The fourth-order valence-electron chi connectivity index (χ4n) is 3.30. The van der Waals surface area contributed by atoms with Crippen LogP contribution in [-0.2, 0) is 14.9 Å². The van der Waals surface area contributed by atoms with Crippen LogP contribution >= 0.6 is 11.6 Å².